The third-order valence-corrected chi connectivity index (χ3v) is 3.11. The molecule has 0 radical (unpaired) electrons. The van der Waals surface area contributed by atoms with Crippen LogP contribution in [-0.4, -0.2) is 15.0 Å². The summed E-state index contributed by atoms with van der Waals surface area (Å²) in [5.41, 5.74) is 0.813. The Labute approximate surface area is 114 Å². The summed E-state index contributed by atoms with van der Waals surface area (Å²) in [4.78, 5) is 12.4. The van der Waals surface area contributed by atoms with E-state index in [0.717, 1.165) is 10.8 Å². The van der Waals surface area contributed by atoms with Gasteiger partial charge in [-0.15, -0.1) is 0 Å². The molecule has 0 aliphatic rings. The van der Waals surface area contributed by atoms with Gasteiger partial charge in [0.05, 0.1) is 5.69 Å². The van der Waals surface area contributed by atoms with E-state index in [-0.39, 0.29) is 10.8 Å². The molecule has 5 heteroatoms. The summed E-state index contributed by atoms with van der Waals surface area (Å²) < 4.78 is 13.5. The zero-order valence-corrected chi connectivity index (χ0v) is 10.8. The number of aromatic nitrogens is 3. The van der Waals surface area contributed by atoms with Crippen molar-refractivity contribution in [2.24, 2.45) is 0 Å². The molecular weight excluding hydrogens is 265 g/mol. The van der Waals surface area contributed by atoms with E-state index in [9.17, 15) is 4.39 Å². The lowest BCUT2D eigenvalue weighted by Crippen LogP contribution is -1.99. The summed E-state index contributed by atoms with van der Waals surface area (Å²) in [5.74, 6) is -0.258. The van der Waals surface area contributed by atoms with Crippen LogP contribution in [0.3, 0.4) is 0 Å². The molecule has 0 fully saturated rings. The van der Waals surface area contributed by atoms with Crippen molar-refractivity contribution in [1.29, 1.82) is 0 Å². The van der Waals surface area contributed by atoms with Gasteiger partial charge in [-0.3, -0.25) is 4.98 Å². The molecule has 0 spiro atoms. The zero-order valence-electron chi connectivity index (χ0n) is 10.1. The van der Waals surface area contributed by atoms with Crippen LogP contribution in [0.4, 0.5) is 4.39 Å². The number of nitrogens with zero attached hydrogens (tertiary/aromatic N) is 3. The van der Waals surface area contributed by atoms with Crippen LogP contribution in [0.15, 0.2) is 36.5 Å². The van der Waals surface area contributed by atoms with Gasteiger partial charge in [0.15, 0.2) is 16.8 Å². The van der Waals surface area contributed by atoms with Crippen molar-refractivity contribution in [3.05, 3.63) is 53.2 Å². The molecule has 0 saturated carbocycles. The number of halogens is 2. The number of hydrogen-bond donors (Lipinski definition) is 0. The summed E-state index contributed by atoms with van der Waals surface area (Å²) in [6, 6.07) is 9.64. The van der Waals surface area contributed by atoms with E-state index in [2.05, 4.69) is 15.0 Å². The number of aryl methyl sites for hydroxylation is 1. The number of benzene rings is 1. The molecule has 94 valence electrons. The molecule has 0 amide bonds. The van der Waals surface area contributed by atoms with Crippen LogP contribution in [0.5, 0.6) is 0 Å². The molecule has 0 saturated heterocycles. The Morgan fingerprint density at radius 3 is 2.68 bits per heavy atom. The van der Waals surface area contributed by atoms with Crippen molar-refractivity contribution in [2.45, 2.75) is 6.92 Å². The molecule has 0 aliphatic carbocycles. The quantitative estimate of drug-likeness (QED) is 0.633. The fourth-order valence-electron chi connectivity index (χ4n) is 1.93. The Morgan fingerprint density at radius 1 is 1.11 bits per heavy atom. The summed E-state index contributed by atoms with van der Waals surface area (Å²) in [6.45, 7) is 1.55. The van der Waals surface area contributed by atoms with Crippen LogP contribution in [0.2, 0.25) is 5.15 Å². The van der Waals surface area contributed by atoms with Crippen LogP contribution in [0.25, 0.3) is 22.3 Å². The second-order valence-corrected chi connectivity index (χ2v) is 4.48. The van der Waals surface area contributed by atoms with E-state index in [0.29, 0.717) is 11.5 Å². The maximum Gasteiger partial charge on any atom is 0.181 e. The van der Waals surface area contributed by atoms with Gasteiger partial charge in [-0.2, -0.15) is 0 Å². The highest BCUT2D eigenvalue weighted by Gasteiger charge is 2.13. The number of pyridine rings is 1. The summed E-state index contributed by atoms with van der Waals surface area (Å²) in [6.07, 6.45) is 1.67. The first-order chi connectivity index (χ1) is 9.16. The lowest BCUT2D eigenvalue weighted by Gasteiger charge is -2.06. The molecule has 19 heavy (non-hydrogen) atoms. The first-order valence-corrected chi connectivity index (χ1v) is 6.08. The summed E-state index contributed by atoms with van der Waals surface area (Å²) in [7, 11) is 0. The average Bonchev–Trinajstić information content (AvgIpc) is 2.43. The van der Waals surface area contributed by atoms with E-state index in [1.807, 2.05) is 30.3 Å². The Balaban J connectivity index is 2.31. The third-order valence-electron chi connectivity index (χ3n) is 2.86. The fourth-order valence-corrected chi connectivity index (χ4v) is 2.14. The van der Waals surface area contributed by atoms with Crippen LogP contribution in [-0.2, 0) is 0 Å². The first-order valence-electron chi connectivity index (χ1n) is 5.70. The van der Waals surface area contributed by atoms with E-state index >= 15 is 0 Å². The Bertz CT molecular complexity index is 745. The van der Waals surface area contributed by atoms with Crippen molar-refractivity contribution in [2.75, 3.05) is 0 Å². The minimum absolute atomic E-state index is 0.183. The molecule has 0 bridgehead atoms. The lowest BCUT2D eigenvalue weighted by atomic mass is 10.1. The largest absolute Gasteiger partial charge is 0.252 e. The second-order valence-electron chi connectivity index (χ2n) is 4.12. The van der Waals surface area contributed by atoms with Crippen LogP contribution >= 0.6 is 11.6 Å². The third kappa shape index (κ3) is 2.04. The number of rotatable bonds is 1. The fraction of sp³-hybridized carbons (Fsp3) is 0.0714. The van der Waals surface area contributed by atoms with E-state index < -0.39 is 5.82 Å². The maximum absolute atomic E-state index is 13.5. The van der Waals surface area contributed by atoms with Gasteiger partial charge >= 0.3 is 0 Å². The standard InChI is InChI=1S/C14H9ClFN3/c1-8-11(16)13(15)19-14(18-8)12-10-5-3-2-4-9(10)6-7-17-12/h2-7H,1H3. The van der Waals surface area contributed by atoms with Crippen molar-refractivity contribution in [3.63, 3.8) is 0 Å². The van der Waals surface area contributed by atoms with Gasteiger partial charge < -0.3 is 0 Å². The monoisotopic (exact) mass is 273 g/mol. The van der Waals surface area contributed by atoms with Gasteiger partial charge in [-0.25, -0.2) is 14.4 Å². The van der Waals surface area contributed by atoms with Gasteiger partial charge in [-0.1, -0.05) is 35.9 Å². The molecule has 0 unspecified atom stereocenters. The SMILES string of the molecule is Cc1nc(-c2nccc3ccccc23)nc(Cl)c1F. The molecular formula is C14H9ClFN3. The molecule has 3 aromatic rings. The van der Waals surface area contributed by atoms with Gasteiger partial charge in [0, 0.05) is 11.6 Å². The predicted octanol–water partition coefficient (Wildman–Crippen LogP) is 3.79. The minimum atomic E-state index is -0.592. The van der Waals surface area contributed by atoms with Gasteiger partial charge in [0.1, 0.15) is 5.69 Å². The van der Waals surface area contributed by atoms with Crippen molar-refractivity contribution < 1.29 is 4.39 Å². The second kappa shape index (κ2) is 4.55. The van der Waals surface area contributed by atoms with Gasteiger partial charge in [-0.05, 0) is 18.4 Å². The van der Waals surface area contributed by atoms with Crippen LogP contribution < -0.4 is 0 Å². The lowest BCUT2D eigenvalue weighted by molar-refractivity contribution is 0.603. The molecule has 1 aromatic carbocycles. The molecule has 2 heterocycles. The maximum atomic E-state index is 13.5. The summed E-state index contributed by atoms with van der Waals surface area (Å²) in [5, 5.41) is 1.75. The zero-order chi connectivity index (χ0) is 13.4. The molecule has 3 nitrogen and oxygen atoms in total. The Hall–Kier alpha value is -2.07. The average molecular weight is 274 g/mol. The minimum Gasteiger partial charge on any atom is -0.252 e. The van der Waals surface area contributed by atoms with Crippen LogP contribution in [0.1, 0.15) is 5.69 Å². The van der Waals surface area contributed by atoms with Gasteiger partial charge in [0.25, 0.3) is 0 Å². The number of fused-ring (bicyclic) bond motifs is 1. The molecule has 0 aliphatic heterocycles. The Kier molecular flexibility index (Phi) is 2.87. The van der Waals surface area contributed by atoms with Gasteiger partial charge in [0.2, 0.25) is 0 Å². The smallest absolute Gasteiger partial charge is 0.181 e. The van der Waals surface area contributed by atoms with Crippen molar-refractivity contribution in [3.8, 4) is 11.5 Å². The van der Waals surface area contributed by atoms with E-state index in [4.69, 9.17) is 11.6 Å². The molecule has 0 atom stereocenters. The highest BCUT2D eigenvalue weighted by Crippen LogP contribution is 2.25. The van der Waals surface area contributed by atoms with Crippen LogP contribution in [0, 0.1) is 12.7 Å². The Morgan fingerprint density at radius 2 is 1.89 bits per heavy atom. The topological polar surface area (TPSA) is 38.7 Å². The molecule has 0 N–H and O–H groups in total. The van der Waals surface area contributed by atoms with E-state index in [1.54, 1.807) is 13.1 Å². The molecule has 3 rings (SSSR count). The highest BCUT2D eigenvalue weighted by atomic mass is 35.5. The van der Waals surface area contributed by atoms with E-state index in [1.165, 1.54) is 0 Å². The molecule has 2 aromatic heterocycles. The normalized spacial score (nSPS) is 10.9. The first kappa shape index (κ1) is 12.0. The predicted molar refractivity (Wildman–Crippen MR) is 72.5 cm³/mol. The van der Waals surface area contributed by atoms with Crippen molar-refractivity contribution >= 4 is 22.4 Å². The number of hydrogen-bond acceptors (Lipinski definition) is 3. The summed E-state index contributed by atoms with van der Waals surface area (Å²) >= 11 is 5.77. The van der Waals surface area contributed by atoms with Crippen molar-refractivity contribution in [1.82, 2.24) is 15.0 Å². The highest BCUT2D eigenvalue weighted by molar-refractivity contribution is 6.29.